The van der Waals surface area contributed by atoms with Crippen molar-refractivity contribution < 1.29 is 5.11 Å². The van der Waals surface area contributed by atoms with E-state index in [0.717, 1.165) is 4.47 Å². The minimum absolute atomic E-state index is 0.350. The van der Waals surface area contributed by atoms with Crippen molar-refractivity contribution in [2.45, 2.75) is 13.0 Å². The van der Waals surface area contributed by atoms with E-state index in [0.29, 0.717) is 10.7 Å². The molecule has 2 nitrogen and oxygen atoms in total. The molecule has 1 aromatic rings. The Kier molecular flexibility index (Phi) is 2.87. The molecule has 0 bridgehead atoms. The highest BCUT2D eigenvalue weighted by molar-refractivity contribution is 9.10. The van der Waals surface area contributed by atoms with Gasteiger partial charge >= 0.3 is 0 Å². The molecule has 11 heavy (non-hydrogen) atoms. The lowest BCUT2D eigenvalue weighted by Crippen LogP contribution is -1.93. The molecule has 0 aromatic carbocycles. The van der Waals surface area contributed by atoms with Crippen LogP contribution in [0.2, 0.25) is 5.15 Å². The summed E-state index contributed by atoms with van der Waals surface area (Å²) in [7, 11) is 0. The largest absolute Gasteiger partial charge is 0.389 e. The Labute approximate surface area is 78.3 Å². The summed E-state index contributed by atoms with van der Waals surface area (Å²) in [5.41, 5.74) is 0.640. The van der Waals surface area contributed by atoms with Gasteiger partial charge in [0, 0.05) is 16.2 Å². The fraction of sp³-hybridized carbons (Fsp3) is 0.286. The number of halogens is 2. The first-order chi connectivity index (χ1) is 5.11. The van der Waals surface area contributed by atoms with Crippen LogP contribution >= 0.6 is 27.5 Å². The molecule has 0 saturated heterocycles. The molecule has 1 unspecified atom stereocenters. The van der Waals surface area contributed by atoms with Crippen LogP contribution in [-0.4, -0.2) is 10.1 Å². The molecule has 0 aliphatic carbocycles. The molecular weight excluding hydrogens is 229 g/mol. The van der Waals surface area contributed by atoms with Crippen molar-refractivity contribution in [3.05, 3.63) is 27.5 Å². The van der Waals surface area contributed by atoms with Gasteiger partial charge in [-0.1, -0.05) is 11.6 Å². The fourth-order valence-corrected chi connectivity index (χ4v) is 1.34. The predicted octanol–water partition coefficient (Wildman–Crippen LogP) is 2.55. The maximum Gasteiger partial charge on any atom is 0.134 e. The molecule has 1 aromatic heterocycles. The standard InChI is InChI=1S/C7H7BrClNO/c1-4(11)6-2-5(8)3-10-7(6)9/h2-4,11H,1H3. The quantitative estimate of drug-likeness (QED) is 0.760. The van der Waals surface area contributed by atoms with E-state index in [2.05, 4.69) is 20.9 Å². The summed E-state index contributed by atoms with van der Waals surface area (Å²) >= 11 is 8.93. The summed E-state index contributed by atoms with van der Waals surface area (Å²) in [6.07, 6.45) is 1.02. The van der Waals surface area contributed by atoms with E-state index in [1.807, 2.05) is 0 Å². The van der Waals surface area contributed by atoms with Crippen molar-refractivity contribution in [2.24, 2.45) is 0 Å². The van der Waals surface area contributed by atoms with Crippen LogP contribution in [0.4, 0.5) is 0 Å². The lowest BCUT2D eigenvalue weighted by Gasteiger charge is -2.05. The summed E-state index contributed by atoms with van der Waals surface area (Å²) < 4.78 is 0.817. The Bertz CT molecular complexity index is 265. The number of aliphatic hydroxyl groups is 1. The second-order valence-corrected chi connectivity index (χ2v) is 3.48. The summed E-state index contributed by atoms with van der Waals surface area (Å²) in [5, 5.41) is 9.53. The summed E-state index contributed by atoms with van der Waals surface area (Å²) in [5.74, 6) is 0. The van der Waals surface area contributed by atoms with Gasteiger partial charge in [0.25, 0.3) is 0 Å². The monoisotopic (exact) mass is 235 g/mol. The van der Waals surface area contributed by atoms with Gasteiger partial charge in [-0.2, -0.15) is 0 Å². The van der Waals surface area contributed by atoms with Gasteiger partial charge in [-0.05, 0) is 28.9 Å². The van der Waals surface area contributed by atoms with Crippen molar-refractivity contribution >= 4 is 27.5 Å². The molecule has 4 heteroatoms. The summed E-state index contributed by atoms with van der Waals surface area (Å²) in [6.45, 7) is 1.65. The SMILES string of the molecule is CC(O)c1cc(Br)cnc1Cl. The topological polar surface area (TPSA) is 33.1 Å². The molecule has 0 aliphatic rings. The molecule has 1 heterocycles. The van der Waals surface area contributed by atoms with Crippen molar-refractivity contribution in [2.75, 3.05) is 0 Å². The van der Waals surface area contributed by atoms with E-state index in [1.165, 1.54) is 0 Å². The van der Waals surface area contributed by atoms with E-state index < -0.39 is 6.10 Å². The molecule has 0 saturated carbocycles. The van der Waals surface area contributed by atoms with Crippen molar-refractivity contribution in [3.8, 4) is 0 Å². The molecule has 1 N–H and O–H groups in total. The van der Waals surface area contributed by atoms with Crippen molar-refractivity contribution in [3.63, 3.8) is 0 Å². The number of pyridine rings is 1. The highest BCUT2D eigenvalue weighted by atomic mass is 79.9. The van der Waals surface area contributed by atoms with Gasteiger partial charge in [0.1, 0.15) is 5.15 Å². The highest BCUT2D eigenvalue weighted by Crippen LogP contribution is 2.23. The van der Waals surface area contributed by atoms with Crippen LogP contribution in [0.15, 0.2) is 16.7 Å². The first-order valence-electron chi connectivity index (χ1n) is 3.10. The Balaban J connectivity index is 3.13. The smallest absolute Gasteiger partial charge is 0.134 e. The second kappa shape index (κ2) is 3.52. The first kappa shape index (κ1) is 8.97. The first-order valence-corrected chi connectivity index (χ1v) is 4.27. The van der Waals surface area contributed by atoms with Crippen LogP contribution in [0, 0.1) is 0 Å². The van der Waals surface area contributed by atoms with Gasteiger partial charge < -0.3 is 5.11 Å². The third-order valence-corrected chi connectivity index (χ3v) is 2.03. The van der Waals surface area contributed by atoms with Gasteiger partial charge in [-0.3, -0.25) is 0 Å². The number of rotatable bonds is 1. The molecule has 0 radical (unpaired) electrons. The van der Waals surface area contributed by atoms with E-state index in [4.69, 9.17) is 11.6 Å². The zero-order valence-electron chi connectivity index (χ0n) is 5.88. The maximum absolute atomic E-state index is 9.18. The zero-order chi connectivity index (χ0) is 8.43. The molecular formula is C7H7BrClNO. The lowest BCUT2D eigenvalue weighted by atomic mass is 10.2. The van der Waals surface area contributed by atoms with E-state index in [9.17, 15) is 5.11 Å². The van der Waals surface area contributed by atoms with Gasteiger partial charge in [0.2, 0.25) is 0 Å². The normalized spacial score (nSPS) is 13.1. The van der Waals surface area contributed by atoms with Gasteiger partial charge in [-0.25, -0.2) is 4.98 Å². The molecule has 0 amide bonds. The van der Waals surface area contributed by atoms with Crippen LogP contribution in [0.25, 0.3) is 0 Å². The maximum atomic E-state index is 9.18. The van der Waals surface area contributed by atoms with Crippen LogP contribution in [-0.2, 0) is 0 Å². The molecule has 1 atom stereocenters. The van der Waals surface area contributed by atoms with Gasteiger partial charge in [0.05, 0.1) is 6.10 Å². The number of aromatic nitrogens is 1. The van der Waals surface area contributed by atoms with E-state index in [1.54, 1.807) is 19.2 Å². The molecule has 60 valence electrons. The average molecular weight is 236 g/mol. The Morgan fingerprint density at radius 2 is 2.36 bits per heavy atom. The van der Waals surface area contributed by atoms with E-state index in [-0.39, 0.29) is 0 Å². The van der Waals surface area contributed by atoms with Gasteiger partial charge in [-0.15, -0.1) is 0 Å². The minimum Gasteiger partial charge on any atom is -0.389 e. The number of nitrogens with zero attached hydrogens (tertiary/aromatic N) is 1. The fourth-order valence-electron chi connectivity index (χ4n) is 0.731. The molecule has 1 rings (SSSR count). The number of hydrogen-bond acceptors (Lipinski definition) is 2. The van der Waals surface area contributed by atoms with Crippen LogP contribution in [0.3, 0.4) is 0 Å². The summed E-state index contributed by atoms with van der Waals surface area (Å²) in [4.78, 5) is 3.86. The number of aliphatic hydroxyl groups excluding tert-OH is 1. The molecule has 0 aliphatic heterocycles. The Morgan fingerprint density at radius 1 is 1.73 bits per heavy atom. The predicted molar refractivity (Wildman–Crippen MR) is 47.6 cm³/mol. The van der Waals surface area contributed by atoms with E-state index >= 15 is 0 Å². The van der Waals surface area contributed by atoms with Crippen molar-refractivity contribution in [1.82, 2.24) is 4.98 Å². The Hall–Kier alpha value is -0.120. The molecule has 0 spiro atoms. The van der Waals surface area contributed by atoms with Crippen LogP contribution in [0.5, 0.6) is 0 Å². The van der Waals surface area contributed by atoms with Crippen LogP contribution in [0.1, 0.15) is 18.6 Å². The van der Waals surface area contributed by atoms with Crippen LogP contribution < -0.4 is 0 Å². The summed E-state index contributed by atoms with van der Waals surface area (Å²) in [6, 6.07) is 1.75. The zero-order valence-corrected chi connectivity index (χ0v) is 8.22. The van der Waals surface area contributed by atoms with Crippen molar-refractivity contribution in [1.29, 1.82) is 0 Å². The highest BCUT2D eigenvalue weighted by Gasteiger charge is 2.07. The molecule has 0 fully saturated rings. The third-order valence-electron chi connectivity index (χ3n) is 1.28. The second-order valence-electron chi connectivity index (χ2n) is 2.21. The average Bonchev–Trinajstić information content (AvgIpc) is 1.94. The van der Waals surface area contributed by atoms with Gasteiger partial charge in [0.15, 0.2) is 0 Å². The lowest BCUT2D eigenvalue weighted by molar-refractivity contribution is 0.199. The number of hydrogen-bond donors (Lipinski definition) is 1. The third kappa shape index (κ3) is 2.15. The Morgan fingerprint density at radius 3 is 2.82 bits per heavy atom. The minimum atomic E-state index is -0.576.